The van der Waals surface area contributed by atoms with Crippen LogP contribution in [0.2, 0.25) is 5.02 Å². The van der Waals surface area contributed by atoms with Gasteiger partial charge in [-0.3, -0.25) is 14.4 Å². The molecule has 0 unspecified atom stereocenters. The Morgan fingerprint density at radius 1 is 0.881 bits per heavy atom. The number of anilines is 2. The van der Waals surface area contributed by atoms with Crippen molar-refractivity contribution in [2.45, 2.75) is 18.7 Å². The van der Waals surface area contributed by atoms with Crippen molar-refractivity contribution in [3.05, 3.63) is 124 Å². The van der Waals surface area contributed by atoms with Gasteiger partial charge in [0.1, 0.15) is 11.4 Å². The monoisotopic (exact) mass is 599 g/mol. The van der Waals surface area contributed by atoms with Crippen LogP contribution in [0.1, 0.15) is 27.0 Å². The van der Waals surface area contributed by atoms with Crippen LogP contribution in [0.4, 0.5) is 11.4 Å². The molecule has 0 saturated carbocycles. The van der Waals surface area contributed by atoms with Gasteiger partial charge in [-0.2, -0.15) is 0 Å². The summed E-state index contributed by atoms with van der Waals surface area (Å²) in [6.07, 6.45) is 1.63. The van der Waals surface area contributed by atoms with E-state index >= 15 is 0 Å². The second kappa shape index (κ2) is 14.4. The number of halogens is 1. The van der Waals surface area contributed by atoms with Gasteiger partial charge in [0, 0.05) is 27.2 Å². The fraction of sp³-hybridized carbons (Fsp3) is 0.121. The normalized spacial score (nSPS) is 11.0. The number of thioether (sulfide) groups is 1. The number of hydrogen-bond donors (Lipinski definition) is 3. The highest BCUT2D eigenvalue weighted by molar-refractivity contribution is 8.00. The van der Waals surface area contributed by atoms with Gasteiger partial charge in [0.25, 0.3) is 11.8 Å². The molecule has 4 rings (SSSR count). The molecule has 0 saturated heterocycles. The number of rotatable bonds is 10. The molecule has 0 aliphatic heterocycles. The Labute approximate surface area is 254 Å². The van der Waals surface area contributed by atoms with Gasteiger partial charge in [-0.25, -0.2) is 0 Å². The molecule has 0 spiro atoms. The summed E-state index contributed by atoms with van der Waals surface area (Å²) < 4.78 is 5.33. The highest BCUT2D eigenvalue weighted by atomic mass is 35.5. The number of amides is 3. The molecule has 214 valence electrons. The predicted molar refractivity (Wildman–Crippen MR) is 170 cm³/mol. The van der Waals surface area contributed by atoms with Gasteiger partial charge < -0.3 is 20.7 Å². The molecule has 42 heavy (non-hydrogen) atoms. The van der Waals surface area contributed by atoms with Crippen LogP contribution < -0.4 is 20.7 Å². The molecule has 7 nitrogen and oxygen atoms in total. The van der Waals surface area contributed by atoms with E-state index < -0.39 is 11.8 Å². The summed E-state index contributed by atoms with van der Waals surface area (Å²) in [6.45, 7) is 3.82. The van der Waals surface area contributed by atoms with Crippen molar-refractivity contribution in [3.8, 4) is 5.75 Å². The smallest absolute Gasteiger partial charge is 0.272 e. The van der Waals surface area contributed by atoms with Gasteiger partial charge in [-0.05, 0) is 67.4 Å². The first-order valence-corrected chi connectivity index (χ1v) is 14.4. The number of aryl methyl sites for hydroxylation is 2. The third-order valence-corrected chi connectivity index (χ3v) is 7.53. The molecule has 0 fully saturated rings. The summed E-state index contributed by atoms with van der Waals surface area (Å²) in [5.41, 5.74) is 4.25. The Morgan fingerprint density at radius 3 is 2.33 bits per heavy atom. The lowest BCUT2D eigenvalue weighted by Gasteiger charge is -2.13. The first-order chi connectivity index (χ1) is 20.2. The number of carbonyl (C=O) groups is 3. The van der Waals surface area contributed by atoms with Crippen molar-refractivity contribution < 1.29 is 19.1 Å². The molecule has 0 aliphatic rings. The Balaban J connectivity index is 1.45. The summed E-state index contributed by atoms with van der Waals surface area (Å²) in [6, 6.07) is 26.9. The lowest BCUT2D eigenvalue weighted by molar-refractivity contribution is -0.114. The first-order valence-electron chi connectivity index (χ1n) is 13.0. The maximum absolute atomic E-state index is 13.4. The first kappa shape index (κ1) is 30.4. The Morgan fingerprint density at radius 2 is 1.62 bits per heavy atom. The minimum absolute atomic E-state index is 0.0948. The molecule has 4 aromatic carbocycles. The SMILES string of the molecule is COc1cc(Cl)c(C)cc1NC(=O)CSc1cccc(NC(=O)/C(=C/c2ccc(C)cc2)NC(=O)c2ccccc2)c1. The van der Waals surface area contributed by atoms with E-state index in [0.717, 1.165) is 21.6 Å². The molecule has 0 atom stereocenters. The number of ether oxygens (including phenoxy) is 1. The molecule has 0 radical (unpaired) electrons. The number of hydrogen-bond acceptors (Lipinski definition) is 5. The van der Waals surface area contributed by atoms with Crippen LogP contribution in [0.5, 0.6) is 5.75 Å². The summed E-state index contributed by atoms with van der Waals surface area (Å²) in [4.78, 5) is 39.7. The van der Waals surface area contributed by atoms with Crippen LogP contribution in [0.25, 0.3) is 6.08 Å². The third kappa shape index (κ3) is 8.49. The van der Waals surface area contributed by atoms with E-state index in [1.54, 1.807) is 60.7 Å². The molecular weight excluding hydrogens is 570 g/mol. The minimum Gasteiger partial charge on any atom is -0.495 e. The highest BCUT2D eigenvalue weighted by Gasteiger charge is 2.16. The highest BCUT2D eigenvalue weighted by Crippen LogP contribution is 2.31. The van der Waals surface area contributed by atoms with Crippen LogP contribution >= 0.6 is 23.4 Å². The van der Waals surface area contributed by atoms with Crippen molar-refractivity contribution in [2.24, 2.45) is 0 Å². The average molecular weight is 600 g/mol. The van der Waals surface area contributed by atoms with E-state index in [2.05, 4.69) is 16.0 Å². The minimum atomic E-state index is -0.482. The second-order valence-electron chi connectivity index (χ2n) is 9.41. The van der Waals surface area contributed by atoms with Gasteiger partial charge in [-0.15, -0.1) is 11.8 Å². The maximum Gasteiger partial charge on any atom is 0.272 e. The van der Waals surface area contributed by atoms with Crippen molar-refractivity contribution in [1.82, 2.24) is 5.32 Å². The van der Waals surface area contributed by atoms with E-state index in [4.69, 9.17) is 16.3 Å². The third-order valence-electron chi connectivity index (χ3n) is 6.13. The lowest BCUT2D eigenvalue weighted by Crippen LogP contribution is -2.30. The van der Waals surface area contributed by atoms with Gasteiger partial charge in [0.2, 0.25) is 5.91 Å². The Kier molecular flexibility index (Phi) is 10.4. The fourth-order valence-electron chi connectivity index (χ4n) is 3.90. The number of methoxy groups -OCH3 is 1. The molecule has 0 heterocycles. The van der Waals surface area contributed by atoms with Crippen LogP contribution in [-0.2, 0) is 9.59 Å². The molecule has 4 aromatic rings. The molecule has 0 aliphatic carbocycles. The van der Waals surface area contributed by atoms with Crippen molar-refractivity contribution in [3.63, 3.8) is 0 Å². The standard InChI is InChI=1S/C33H30ClN3O4S/c1-21-12-14-23(15-13-21)17-29(37-32(39)24-8-5-4-6-9-24)33(40)35-25-10-7-11-26(18-25)42-20-31(38)36-28-16-22(2)27(34)19-30(28)41-3/h4-19H,20H2,1-3H3,(H,35,40)(H,36,38)(H,37,39)/b29-17-. The average Bonchev–Trinajstić information content (AvgIpc) is 2.99. The number of nitrogens with one attached hydrogen (secondary N) is 3. The van der Waals surface area contributed by atoms with Crippen LogP contribution in [-0.4, -0.2) is 30.6 Å². The lowest BCUT2D eigenvalue weighted by atomic mass is 10.1. The molecule has 3 amide bonds. The van der Waals surface area contributed by atoms with Crippen molar-refractivity contribution in [2.75, 3.05) is 23.5 Å². The Hall–Kier alpha value is -4.53. The quantitative estimate of drug-likeness (QED) is 0.133. The van der Waals surface area contributed by atoms with E-state index in [-0.39, 0.29) is 17.4 Å². The van der Waals surface area contributed by atoms with Gasteiger partial charge >= 0.3 is 0 Å². The zero-order chi connectivity index (χ0) is 30.1. The second-order valence-corrected chi connectivity index (χ2v) is 10.9. The van der Waals surface area contributed by atoms with Crippen LogP contribution in [0.15, 0.2) is 102 Å². The summed E-state index contributed by atoms with van der Waals surface area (Å²) >= 11 is 7.48. The zero-order valence-electron chi connectivity index (χ0n) is 23.4. The van der Waals surface area contributed by atoms with E-state index in [1.165, 1.54) is 18.9 Å². The van der Waals surface area contributed by atoms with E-state index in [0.29, 0.717) is 27.7 Å². The van der Waals surface area contributed by atoms with Gasteiger partial charge in [0.15, 0.2) is 0 Å². The number of carbonyl (C=O) groups excluding carboxylic acids is 3. The van der Waals surface area contributed by atoms with E-state index in [1.807, 2.05) is 50.2 Å². The van der Waals surface area contributed by atoms with Gasteiger partial charge in [0.05, 0.1) is 18.6 Å². The largest absolute Gasteiger partial charge is 0.495 e. The molecule has 3 N–H and O–H groups in total. The van der Waals surface area contributed by atoms with Crippen molar-refractivity contribution in [1.29, 1.82) is 0 Å². The number of benzene rings is 4. The zero-order valence-corrected chi connectivity index (χ0v) is 24.9. The Bertz CT molecular complexity index is 1620. The molecular formula is C33H30ClN3O4S. The summed E-state index contributed by atoms with van der Waals surface area (Å²) in [5, 5.41) is 9.01. The fourth-order valence-corrected chi connectivity index (χ4v) is 4.81. The topological polar surface area (TPSA) is 96.5 Å². The van der Waals surface area contributed by atoms with Crippen LogP contribution in [0.3, 0.4) is 0 Å². The summed E-state index contributed by atoms with van der Waals surface area (Å²) in [5.74, 6) is -0.491. The maximum atomic E-state index is 13.4. The molecule has 0 aromatic heterocycles. The molecule has 9 heteroatoms. The van der Waals surface area contributed by atoms with Crippen LogP contribution in [0, 0.1) is 13.8 Å². The van der Waals surface area contributed by atoms with Crippen molar-refractivity contribution >= 4 is 58.5 Å². The van der Waals surface area contributed by atoms with Gasteiger partial charge in [-0.1, -0.05) is 65.7 Å². The summed E-state index contributed by atoms with van der Waals surface area (Å²) in [7, 11) is 1.51. The predicted octanol–water partition coefficient (Wildman–Crippen LogP) is 7.11. The van der Waals surface area contributed by atoms with E-state index in [9.17, 15) is 14.4 Å². The molecule has 0 bridgehead atoms.